The molecule has 3 atom stereocenters. The third-order valence-electron chi connectivity index (χ3n) is 4.49. The lowest BCUT2D eigenvalue weighted by atomic mass is 9.82. The van der Waals surface area contributed by atoms with E-state index < -0.39 is 0 Å². The highest BCUT2D eigenvalue weighted by Crippen LogP contribution is 2.28. The number of nitrogens with zero attached hydrogens (tertiary/aromatic N) is 2. The highest BCUT2D eigenvalue weighted by atomic mass is 15.4. The van der Waals surface area contributed by atoms with Crippen molar-refractivity contribution in [2.45, 2.75) is 38.3 Å². The molecule has 0 heterocycles. The topological polar surface area (TPSA) is 91.1 Å². The van der Waals surface area contributed by atoms with E-state index in [1.165, 1.54) is 5.57 Å². The van der Waals surface area contributed by atoms with E-state index in [2.05, 4.69) is 24.4 Å². The van der Waals surface area contributed by atoms with Crippen molar-refractivity contribution in [2.24, 2.45) is 17.5 Å². The Balaban J connectivity index is 2.15. The molecular weight excluding hydrogens is 286 g/mol. The molecule has 1 aliphatic rings. The molecule has 0 bridgehead atoms. The molecule has 5 heteroatoms. The zero-order valence-corrected chi connectivity index (χ0v) is 14.0. The standard InChI is InChI=1S/C18H27N5/c1-13-10-15(6-7-17(13)20)18(8-9-23(2)21)22-16-5-3-4-14(11-16)12-19/h3-6,11,13,17-18,22H,7-10,20-21H2,1-2H3/t13-,17?,18?/m0/s1. The van der Waals surface area contributed by atoms with Gasteiger partial charge in [0.05, 0.1) is 11.6 Å². The van der Waals surface area contributed by atoms with Crippen LogP contribution in [0, 0.1) is 17.2 Å². The third-order valence-corrected chi connectivity index (χ3v) is 4.49. The first-order chi connectivity index (χ1) is 11.0. The van der Waals surface area contributed by atoms with Crippen LogP contribution in [-0.2, 0) is 0 Å². The van der Waals surface area contributed by atoms with E-state index in [0.29, 0.717) is 11.5 Å². The zero-order valence-electron chi connectivity index (χ0n) is 14.0. The molecule has 5 nitrogen and oxygen atoms in total. The summed E-state index contributed by atoms with van der Waals surface area (Å²) < 4.78 is 0. The minimum absolute atomic E-state index is 0.213. The van der Waals surface area contributed by atoms with Crippen molar-refractivity contribution in [2.75, 3.05) is 18.9 Å². The Morgan fingerprint density at radius 3 is 2.91 bits per heavy atom. The van der Waals surface area contributed by atoms with Crippen molar-refractivity contribution < 1.29 is 0 Å². The molecule has 0 aromatic heterocycles. The van der Waals surface area contributed by atoms with Gasteiger partial charge in [0.15, 0.2) is 0 Å². The Morgan fingerprint density at radius 2 is 2.26 bits per heavy atom. The maximum absolute atomic E-state index is 9.06. The van der Waals surface area contributed by atoms with E-state index in [1.807, 2.05) is 31.3 Å². The van der Waals surface area contributed by atoms with Gasteiger partial charge < -0.3 is 11.1 Å². The highest BCUT2D eigenvalue weighted by molar-refractivity contribution is 5.51. The molecule has 0 aliphatic heterocycles. The van der Waals surface area contributed by atoms with E-state index in [1.54, 1.807) is 5.01 Å². The van der Waals surface area contributed by atoms with Crippen LogP contribution in [0.1, 0.15) is 31.7 Å². The van der Waals surface area contributed by atoms with Crippen LogP contribution in [0.4, 0.5) is 5.69 Å². The first-order valence-corrected chi connectivity index (χ1v) is 8.16. The SMILES string of the molecule is C[C@H]1CC(C(CCN(C)N)Nc2cccc(C#N)c2)=CCC1N. The van der Waals surface area contributed by atoms with E-state index in [-0.39, 0.29) is 12.1 Å². The summed E-state index contributed by atoms with van der Waals surface area (Å²) in [6.07, 6.45) is 5.11. The first-order valence-electron chi connectivity index (χ1n) is 8.16. The summed E-state index contributed by atoms with van der Waals surface area (Å²) in [5.74, 6) is 6.27. The molecule has 0 radical (unpaired) electrons. The smallest absolute Gasteiger partial charge is 0.0992 e. The van der Waals surface area contributed by atoms with Crippen LogP contribution in [-0.4, -0.2) is 30.7 Å². The Kier molecular flexibility index (Phi) is 6.17. The number of nitrogens with one attached hydrogen (secondary N) is 1. The van der Waals surface area contributed by atoms with Crippen LogP contribution in [0.25, 0.3) is 0 Å². The fraction of sp³-hybridized carbons (Fsp3) is 0.500. The van der Waals surface area contributed by atoms with Crippen LogP contribution in [0.3, 0.4) is 0 Å². The van der Waals surface area contributed by atoms with Gasteiger partial charge in [0.25, 0.3) is 0 Å². The second kappa shape index (κ2) is 8.11. The fourth-order valence-corrected chi connectivity index (χ4v) is 2.97. The molecule has 23 heavy (non-hydrogen) atoms. The number of nitriles is 1. The summed E-state index contributed by atoms with van der Waals surface area (Å²) in [7, 11) is 1.88. The van der Waals surface area contributed by atoms with Gasteiger partial charge in [0.1, 0.15) is 0 Å². The van der Waals surface area contributed by atoms with Crippen molar-refractivity contribution in [3.8, 4) is 6.07 Å². The Bertz CT molecular complexity index is 587. The molecule has 2 unspecified atom stereocenters. The summed E-state index contributed by atoms with van der Waals surface area (Å²) in [6.45, 7) is 3.01. The van der Waals surface area contributed by atoms with E-state index in [0.717, 1.165) is 31.5 Å². The molecule has 0 amide bonds. The third kappa shape index (κ3) is 5.07. The van der Waals surface area contributed by atoms with Crippen LogP contribution >= 0.6 is 0 Å². The number of hydrogen-bond acceptors (Lipinski definition) is 5. The molecule has 124 valence electrons. The molecule has 2 rings (SSSR count). The summed E-state index contributed by atoms with van der Waals surface area (Å²) >= 11 is 0. The van der Waals surface area contributed by atoms with Crippen LogP contribution < -0.4 is 16.9 Å². The molecule has 1 aromatic rings. The quantitative estimate of drug-likeness (QED) is 0.425. The van der Waals surface area contributed by atoms with Crippen LogP contribution in [0.15, 0.2) is 35.9 Å². The number of hydrazine groups is 1. The summed E-state index contributed by atoms with van der Waals surface area (Å²) in [4.78, 5) is 0. The molecule has 0 fully saturated rings. The monoisotopic (exact) mass is 313 g/mol. The number of anilines is 1. The summed E-state index contributed by atoms with van der Waals surface area (Å²) in [5, 5.41) is 14.3. The lowest BCUT2D eigenvalue weighted by molar-refractivity contribution is 0.334. The minimum Gasteiger partial charge on any atom is -0.378 e. The van der Waals surface area contributed by atoms with Gasteiger partial charge >= 0.3 is 0 Å². The number of benzene rings is 1. The van der Waals surface area contributed by atoms with Gasteiger partial charge in [-0.2, -0.15) is 5.26 Å². The van der Waals surface area contributed by atoms with Crippen molar-refractivity contribution >= 4 is 5.69 Å². The molecule has 1 aromatic carbocycles. The molecule has 0 saturated carbocycles. The second-order valence-electron chi connectivity index (χ2n) is 6.52. The largest absolute Gasteiger partial charge is 0.378 e. The number of nitrogens with two attached hydrogens (primary N) is 2. The van der Waals surface area contributed by atoms with Gasteiger partial charge in [-0.05, 0) is 43.4 Å². The predicted molar refractivity (Wildman–Crippen MR) is 94.5 cm³/mol. The van der Waals surface area contributed by atoms with Gasteiger partial charge in [0.2, 0.25) is 0 Å². The van der Waals surface area contributed by atoms with Crippen molar-refractivity contribution in [3.63, 3.8) is 0 Å². The Hall–Kier alpha value is -1.87. The van der Waals surface area contributed by atoms with Gasteiger partial charge in [-0.1, -0.05) is 24.6 Å². The van der Waals surface area contributed by atoms with Crippen LogP contribution in [0.5, 0.6) is 0 Å². The van der Waals surface area contributed by atoms with Crippen molar-refractivity contribution in [3.05, 3.63) is 41.5 Å². The van der Waals surface area contributed by atoms with Gasteiger partial charge in [-0.25, -0.2) is 0 Å². The molecule has 1 aliphatic carbocycles. The Labute approximate surface area is 138 Å². The van der Waals surface area contributed by atoms with Gasteiger partial charge in [0, 0.05) is 31.4 Å². The second-order valence-corrected chi connectivity index (χ2v) is 6.52. The maximum Gasteiger partial charge on any atom is 0.0992 e. The average molecular weight is 313 g/mol. The molecule has 0 saturated heterocycles. The summed E-state index contributed by atoms with van der Waals surface area (Å²) in [5.41, 5.74) is 9.15. The lowest BCUT2D eigenvalue weighted by Crippen LogP contribution is -2.36. The average Bonchev–Trinajstić information content (AvgIpc) is 2.54. The highest BCUT2D eigenvalue weighted by Gasteiger charge is 2.24. The van der Waals surface area contributed by atoms with E-state index in [9.17, 15) is 0 Å². The minimum atomic E-state index is 0.213. The first kappa shape index (κ1) is 17.5. The normalized spacial score (nSPS) is 22.3. The molecular formula is C18H27N5. The lowest BCUT2D eigenvalue weighted by Gasteiger charge is -2.31. The zero-order chi connectivity index (χ0) is 16.8. The predicted octanol–water partition coefficient (Wildman–Crippen LogP) is 2.22. The molecule has 0 spiro atoms. The van der Waals surface area contributed by atoms with Crippen LogP contribution in [0.2, 0.25) is 0 Å². The van der Waals surface area contributed by atoms with E-state index in [4.69, 9.17) is 16.8 Å². The maximum atomic E-state index is 9.06. The van der Waals surface area contributed by atoms with Crippen molar-refractivity contribution in [1.29, 1.82) is 5.26 Å². The van der Waals surface area contributed by atoms with Gasteiger partial charge in [-0.3, -0.25) is 10.9 Å². The number of rotatable bonds is 6. The van der Waals surface area contributed by atoms with Gasteiger partial charge in [-0.15, -0.1) is 0 Å². The fourth-order valence-electron chi connectivity index (χ4n) is 2.97. The molecule has 5 N–H and O–H groups in total. The van der Waals surface area contributed by atoms with Crippen molar-refractivity contribution in [1.82, 2.24) is 5.01 Å². The summed E-state index contributed by atoms with van der Waals surface area (Å²) in [6, 6.07) is 10.2. The number of hydrogen-bond donors (Lipinski definition) is 3. The van der Waals surface area contributed by atoms with E-state index >= 15 is 0 Å². The Morgan fingerprint density at radius 1 is 1.48 bits per heavy atom.